The van der Waals surface area contributed by atoms with Crippen LogP contribution in [-0.2, 0) is 6.42 Å². The Morgan fingerprint density at radius 3 is 2.40 bits per heavy atom. The molecule has 1 aromatic heterocycles. The number of nitrogens with zero attached hydrogens (tertiary/aromatic N) is 1. The van der Waals surface area contributed by atoms with E-state index in [1.165, 1.54) is 22.3 Å². The van der Waals surface area contributed by atoms with Crippen molar-refractivity contribution in [1.29, 1.82) is 0 Å². The van der Waals surface area contributed by atoms with Crippen molar-refractivity contribution >= 4 is 0 Å². The molecule has 1 heterocycles. The molecule has 0 atom stereocenters. The lowest BCUT2D eigenvalue weighted by Crippen LogP contribution is -1.92. The number of hydrogen-bond donors (Lipinski definition) is 0. The highest BCUT2D eigenvalue weighted by molar-refractivity contribution is 5.34. The Hall–Kier alpha value is -1.63. The first-order chi connectivity index (χ1) is 7.25. The van der Waals surface area contributed by atoms with Gasteiger partial charge in [-0.25, -0.2) is 0 Å². The Balaban J connectivity index is 2.25. The molecule has 0 saturated carbocycles. The molecule has 0 aliphatic rings. The number of hydrogen-bond acceptors (Lipinski definition) is 1. The van der Waals surface area contributed by atoms with Crippen LogP contribution in [0, 0.1) is 13.8 Å². The van der Waals surface area contributed by atoms with Gasteiger partial charge in [0.1, 0.15) is 0 Å². The van der Waals surface area contributed by atoms with E-state index in [9.17, 15) is 0 Å². The van der Waals surface area contributed by atoms with Crippen LogP contribution >= 0.6 is 0 Å². The van der Waals surface area contributed by atoms with Gasteiger partial charge in [-0.15, -0.1) is 0 Å². The van der Waals surface area contributed by atoms with Crippen molar-refractivity contribution in [3.63, 3.8) is 0 Å². The predicted molar refractivity (Wildman–Crippen MR) is 63.0 cm³/mol. The van der Waals surface area contributed by atoms with Crippen molar-refractivity contribution < 1.29 is 0 Å². The van der Waals surface area contributed by atoms with Crippen LogP contribution in [0.2, 0.25) is 0 Å². The van der Waals surface area contributed by atoms with E-state index >= 15 is 0 Å². The summed E-state index contributed by atoms with van der Waals surface area (Å²) in [6.45, 7) is 4.30. The quantitative estimate of drug-likeness (QED) is 0.720. The zero-order chi connectivity index (χ0) is 10.7. The van der Waals surface area contributed by atoms with Crippen molar-refractivity contribution in [3.8, 4) is 0 Å². The second-order valence-corrected chi connectivity index (χ2v) is 3.96. The van der Waals surface area contributed by atoms with Gasteiger partial charge in [0.15, 0.2) is 0 Å². The predicted octanol–water partition coefficient (Wildman–Crippen LogP) is 3.29. The van der Waals surface area contributed by atoms with Gasteiger partial charge < -0.3 is 0 Å². The lowest BCUT2D eigenvalue weighted by Gasteiger charge is -2.06. The first-order valence-electron chi connectivity index (χ1n) is 5.21. The SMILES string of the molecule is Cc1ccc(Cc2ccncc2)c(C)c1. The minimum atomic E-state index is 0.995. The van der Waals surface area contributed by atoms with Crippen LogP contribution in [0.15, 0.2) is 42.7 Å². The van der Waals surface area contributed by atoms with Gasteiger partial charge >= 0.3 is 0 Å². The second kappa shape index (κ2) is 4.26. The van der Waals surface area contributed by atoms with Gasteiger partial charge in [0, 0.05) is 12.4 Å². The van der Waals surface area contributed by atoms with Crippen molar-refractivity contribution in [3.05, 3.63) is 65.0 Å². The molecule has 76 valence electrons. The Bertz CT molecular complexity index is 446. The summed E-state index contributed by atoms with van der Waals surface area (Å²) in [5.74, 6) is 0. The van der Waals surface area contributed by atoms with Crippen LogP contribution < -0.4 is 0 Å². The van der Waals surface area contributed by atoms with E-state index in [4.69, 9.17) is 0 Å². The topological polar surface area (TPSA) is 12.9 Å². The minimum Gasteiger partial charge on any atom is -0.265 e. The molecule has 0 amide bonds. The summed E-state index contributed by atoms with van der Waals surface area (Å²) >= 11 is 0. The first kappa shape index (κ1) is 9.91. The second-order valence-electron chi connectivity index (χ2n) is 3.96. The number of benzene rings is 1. The molecule has 1 nitrogen and oxygen atoms in total. The molecule has 0 fully saturated rings. The summed E-state index contributed by atoms with van der Waals surface area (Å²) in [4.78, 5) is 4.02. The monoisotopic (exact) mass is 197 g/mol. The standard InChI is InChI=1S/C14H15N/c1-11-3-4-14(12(2)9-11)10-13-5-7-15-8-6-13/h3-9H,10H2,1-2H3. The van der Waals surface area contributed by atoms with Crippen molar-refractivity contribution in [2.75, 3.05) is 0 Å². The van der Waals surface area contributed by atoms with Gasteiger partial charge in [-0.05, 0) is 49.1 Å². The molecule has 0 spiro atoms. The average molecular weight is 197 g/mol. The summed E-state index contributed by atoms with van der Waals surface area (Å²) in [5.41, 5.74) is 5.40. The molecule has 0 radical (unpaired) electrons. The smallest absolute Gasteiger partial charge is 0.0270 e. The molecular formula is C14H15N. The fraction of sp³-hybridized carbons (Fsp3) is 0.214. The summed E-state index contributed by atoms with van der Waals surface area (Å²) in [7, 11) is 0. The Morgan fingerprint density at radius 1 is 1.00 bits per heavy atom. The minimum absolute atomic E-state index is 0.995. The number of aromatic nitrogens is 1. The van der Waals surface area contributed by atoms with Crippen LogP contribution in [0.3, 0.4) is 0 Å². The van der Waals surface area contributed by atoms with Gasteiger partial charge in [-0.3, -0.25) is 4.98 Å². The maximum atomic E-state index is 4.02. The number of pyridine rings is 1. The highest BCUT2D eigenvalue weighted by Crippen LogP contribution is 2.14. The fourth-order valence-corrected chi connectivity index (χ4v) is 1.76. The zero-order valence-corrected chi connectivity index (χ0v) is 9.20. The van der Waals surface area contributed by atoms with Gasteiger partial charge in [0.2, 0.25) is 0 Å². The maximum Gasteiger partial charge on any atom is 0.0270 e. The van der Waals surface area contributed by atoms with Crippen LogP contribution in [0.4, 0.5) is 0 Å². The average Bonchev–Trinajstić information content (AvgIpc) is 2.24. The van der Waals surface area contributed by atoms with Crippen LogP contribution in [-0.4, -0.2) is 4.98 Å². The van der Waals surface area contributed by atoms with Gasteiger partial charge in [-0.2, -0.15) is 0 Å². The largest absolute Gasteiger partial charge is 0.265 e. The van der Waals surface area contributed by atoms with E-state index < -0.39 is 0 Å². The molecule has 0 aliphatic heterocycles. The highest BCUT2D eigenvalue weighted by Gasteiger charge is 1.99. The molecule has 1 heteroatoms. The van der Waals surface area contributed by atoms with Gasteiger partial charge in [0.05, 0.1) is 0 Å². The van der Waals surface area contributed by atoms with Crippen LogP contribution in [0.25, 0.3) is 0 Å². The number of aryl methyl sites for hydroxylation is 2. The third kappa shape index (κ3) is 2.44. The Labute approximate surface area is 90.8 Å². The van der Waals surface area contributed by atoms with E-state index in [0.717, 1.165) is 6.42 Å². The van der Waals surface area contributed by atoms with E-state index in [1.807, 2.05) is 12.4 Å². The third-order valence-electron chi connectivity index (χ3n) is 2.64. The fourth-order valence-electron chi connectivity index (χ4n) is 1.76. The number of rotatable bonds is 2. The summed E-state index contributed by atoms with van der Waals surface area (Å²) in [6, 6.07) is 10.8. The van der Waals surface area contributed by atoms with Crippen molar-refractivity contribution in [1.82, 2.24) is 4.98 Å². The molecule has 2 rings (SSSR count). The van der Waals surface area contributed by atoms with Crippen molar-refractivity contribution in [2.45, 2.75) is 20.3 Å². The normalized spacial score (nSPS) is 10.3. The molecule has 0 unspecified atom stereocenters. The molecule has 0 N–H and O–H groups in total. The zero-order valence-electron chi connectivity index (χ0n) is 9.20. The molecular weight excluding hydrogens is 182 g/mol. The molecule has 1 aromatic carbocycles. The Kier molecular flexibility index (Phi) is 2.82. The van der Waals surface area contributed by atoms with E-state index in [2.05, 4.69) is 49.2 Å². The molecule has 15 heavy (non-hydrogen) atoms. The van der Waals surface area contributed by atoms with Gasteiger partial charge in [-0.1, -0.05) is 23.8 Å². The van der Waals surface area contributed by atoms with E-state index in [-0.39, 0.29) is 0 Å². The molecule has 0 aliphatic carbocycles. The van der Waals surface area contributed by atoms with E-state index in [0.29, 0.717) is 0 Å². The lowest BCUT2D eigenvalue weighted by atomic mass is 10.00. The molecule has 2 aromatic rings. The summed E-state index contributed by atoms with van der Waals surface area (Å²) in [6.07, 6.45) is 4.69. The molecule has 0 bridgehead atoms. The van der Waals surface area contributed by atoms with E-state index in [1.54, 1.807) is 0 Å². The van der Waals surface area contributed by atoms with Crippen molar-refractivity contribution in [2.24, 2.45) is 0 Å². The maximum absolute atomic E-state index is 4.02. The first-order valence-corrected chi connectivity index (χ1v) is 5.21. The highest BCUT2D eigenvalue weighted by atomic mass is 14.6. The summed E-state index contributed by atoms with van der Waals surface area (Å²) in [5, 5.41) is 0. The van der Waals surface area contributed by atoms with Gasteiger partial charge in [0.25, 0.3) is 0 Å². The summed E-state index contributed by atoms with van der Waals surface area (Å²) < 4.78 is 0. The van der Waals surface area contributed by atoms with Crippen LogP contribution in [0.1, 0.15) is 22.3 Å². The van der Waals surface area contributed by atoms with Crippen LogP contribution in [0.5, 0.6) is 0 Å². The third-order valence-corrected chi connectivity index (χ3v) is 2.64. The lowest BCUT2D eigenvalue weighted by molar-refractivity contribution is 1.13. The Morgan fingerprint density at radius 2 is 1.73 bits per heavy atom. The molecule has 0 saturated heterocycles.